The lowest BCUT2D eigenvalue weighted by atomic mass is 10.0. The summed E-state index contributed by atoms with van der Waals surface area (Å²) in [6.45, 7) is 0. The molecule has 0 spiro atoms. The third kappa shape index (κ3) is 2.78. The maximum atomic E-state index is 11.4. The van der Waals surface area contributed by atoms with Gasteiger partial charge in [-0.05, 0) is 11.6 Å². The Hall–Kier alpha value is -2.23. The van der Waals surface area contributed by atoms with Crippen molar-refractivity contribution in [3.63, 3.8) is 0 Å². The van der Waals surface area contributed by atoms with E-state index in [1.807, 2.05) is 0 Å². The number of aliphatic carboxylic acids is 1. The first-order valence-corrected chi connectivity index (χ1v) is 5.41. The number of aromatic nitrogens is 1. The molecule has 0 radical (unpaired) electrons. The van der Waals surface area contributed by atoms with Crippen molar-refractivity contribution >= 4 is 12.1 Å². The fourth-order valence-electron chi connectivity index (χ4n) is 1.68. The van der Waals surface area contributed by atoms with E-state index in [1.54, 1.807) is 18.3 Å². The summed E-state index contributed by atoms with van der Waals surface area (Å²) in [5.41, 5.74) is 8.25. The van der Waals surface area contributed by atoms with Gasteiger partial charge in [-0.25, -0.2) is 15.6 Å². The maximum absolute atomic E-state index is 11.4. The number of rotatable bonds is 2. The Balaban J connectivity index is 2.23. The van der Waals surface area contributed by atoms with Crippen LogP contribution in [-0.4, -0.2) is 40.4 Å². The van der Waals surface area contributed by atoms with Crippen LogP contribution in [0.15, 0.2) is 24.5 Å². The molecule has 0 saturated carbocycles. The van der Waals surface area contributed by atoms with E-state index >= 15 is 0 Å². The number of amides is 1. The van der Waals surface area contributed by atoms with Crippen LogP contribution in [0.4, 0.5) is 4.79 Å². The van der Waals surface area contributed by atoms with E-state index in [-0.39, 0.29) is 0 Å². The number of hydrazine groups is 3. The van der Waals surface area contributed by atoms with Gasteiger partial charge in [-0.15, -0.1) is 5.53 Å². The summed E-state index contributed by atoms with van der Waals surface area (Å²) in [6.07, 6.45) is 2.40. The summed E-state index contributed by atoms with van der Waals surface area (Å²) in [5.74, 6) is -1.07. The van der Waals surface area contributed by atoms with Crippen LogP contribution in [0.1, 0.15) is 11.6 Å². The molecule has 1 fully saturated rings. The van der Waals surface area contributed by atoms with Crippen molar-refractivity contribution in [3.8, 4) is 0 Å². The standard InChI is InChI=1S/C10H13N5O4/c1-19-10(18)15-13-7(6-3-2-4-11-5-6)8(9(16)17)12-14-15/h2-5,7-8,12-14H,1H3,(H,16,17). The Labute approximate surface area is 108 Å². The molecule has 0 aromatic carbocycles. The van der Waals surface area contributed by atoms with E-state index in [1.165, 1.54) is 13.3 Å². The third-order valence-electron chi connectivity index (χ3n) is 2.60. The predicted octanol–water partition coefficient (Wildman–Crippen LogP) is -0.828. The van der Waals surface area contributed by atoms with Crippen molar-refractivity contribution in [1.29, 1.82) is 0 Å². The fourth-order valence-corrected chi connectivity index (χ4v) is 1.68. The molecule has 102 valence electrons. The first-order chi connectivity index (χ1) is 9.13. The van der Waals surface area contributed by atoms with Gasteiger partial charge in [0, 0.05) is 12.4 Å². The van der Waals surface area contributed by atoms with Gasteiger partial charge in [-0.1, -0.05) is 6.07 Å². The molecule has 9 heteroatoms. The summed E-state index contributed by atoms with van der Waals surface area (Å²) in [6, 6.07) is 1.75. The number of methoxy groups -OCH3 is 1. The number of nitrogens with one attached hydrogen (secondary N) is 3. The second-order valence-corrected chi connectivity index (χ2v) is 3.77. The van der Waals surface area contributed by atoms with E-state index in [2.05, 4.69) is 26.1 Å². The molecule has 9 nitrogen and oxygen atoms in total. The number of carboxylic acids is 1. The second kappa shape index (κ2) is 5.61. The summed E-state index contributed by atoms with van der Waals surface area (Å²) in [7, 11) is 1.22. The minimum atomic E-state index is -1.07. The number of carboxylic acid groups (broad SMARTS) is 1. The van der Waals surface area contributed by atoms with Gasteiger partial charge in [0.25, 0.3) is 0 Å². The zero-order valence-corrected chi connectivity index (χ0v) is 10.0. The lowest BCUT2D eigenvalue weighted by Gasteiger charge is -2.37. The van der Waals surface area contributed by atoms with Gasteiger partial charge in [0.1, 0.15) is 6.04 Å². The molecule has 1 aliphatic heterocycles. The average Bonchev–Trinajstić information content (AvgIpc) is 2.46. The topological polar surface area (TPSA) is 116 Å². The number of ether oxygens (including phenoxy) is 1. The molecule has 1 amide bonds. The molecular formula is C10H13N5O4. The van der Waals surface area contributed by atoms with Gasteiger partial charge >= 0.3 is 12.1 Å². The van der Waals surface area contributed by atoms with E-state index < -0.39 is 24.1 Å². The first-order valence-electron chi connectivity index (χ1n) is 5.41. The normalized spacial score (nSPS) is 22.9. The number of carbonyl (C=O) groups excluding carboxylic acids is 1. The first kappa shape index (κ1) is 13.2. The van der Waals surface area contributed by atoms with E-state index in [9.17, 15) is 9.59 Å². The molecule has 2 rings (SSSR count). The van der Waals surface area contributed by atoms with Gasteiger partial charge < -0.3 is 9.84 Å². The molecule has 1 saturated heterocycles. The van der Waals surface area contributed by atoms with Gasteiger partial charge in [0.05, 0.1) is 13.2 Å². The van der Waals surface area contributed by atoms with E-state index in [0.717, 1.165) is 5.12 Å². The van der Waals surface area contributed by atoms with Crippen LogP contribution < -0.4 is 16.4 Å². The second-order valence-electron chi connectivity index (χ2n) is 3.77. The molecule has 19 heavy (non-hydrogen) atoms. The van der Waals surface area contributed by atoms with Crippen LogP contribution in [0.3, 0.4) is 0 Å². The van der Waals surface area contributed by atoms with E-state index in [4.69, 9.17) is 5.11 Å². The molecule has 0 aliphatic carbocycles. The van der Waals surface area contributed by atoms with Gasteiger partial charge in [-0.2, -0.15) is 5.12 Å². The van der Waals surface area contributed by atoms with Crippen molar-refractivity contribution in [3.05, 3.63) is 30.1 Å². The number of nitrogens with zero attached hydrogens (tertiary/aromatic N) is 2. The van der Waals surface area contributed by atoms with Crippen LogP contribution in [0.2, 0.25) is 0 Å². The maximum Gasteiger partial charge on any atom is 0.440 e. The number of pyridine rings is 1. The molecule has 4 N–H and O–H groups in total. The predicted molar refractivity (Wildman–Crippen MR) is 62.1 cm³/mol. The minimum Gasteiger partial charge on any atom is -0.480 e. The monoisotopic (exact) mass is 267 g/mol. The average molecular weight is 267 g/mol. The highest BCUT2D eigenvalue weighted by Gasteiger charge is 2.36. The molecule has 2 unspecified atom stereocenters. The fraction of sp³-hybridized carbons (Fsp3) is 0.300. The van der Waals surface area contributed by atoms with E-state index in [0.29, 0.717) is 5.56 Å². The smallest absolute Gasteiger partial charge is 0.440 e. The molecule has 2 heterocycles. The van der Waals surface area contributed by atoms with Crippen LogP contribution in [0.5, 0.6) is 0 Å². The van der Waals surface area contributed by atoms with Gasteiger partial charge in [0.15, 0.2) is 0 Å². The third-order valence-corrected chi connectivity index (χ3v) is 2.60. The van der Waals surface area contributed by atoms with Crippen molar-refractivity contribution in [2.24, 2.45) is 0 Å². The van der Waals surface area contributed by atoms with Gasteiger partial charge in [-0.3, -0.25) is 9.78 Å². The summed E-state index contributed by atoms with van der Waals surface area (Å²) < 4.78 is 4.53. The van der Waals surface area contributed by atoms with Gasteiger partial charge in [0.2, 0.25) is 0 Å². The SMILES string of the molecule is COC(=O)N1NNC(C(=O)O)C(c2cccnc2)N1. The molecule has 1 aliphatic rings. The molecular weight excluding hydrogens is 254 g/mol. The zero-order valence-electron chi connectivity index (χ0n) is 10.0. The van der Waals surface area contributed by atoms with Crippen LogP contribution in [0, 0.1) is 0 Å². The Morgan fingerprint density at radius 1 is 1.53 bits per heavy atom. The Morgan fingerprint density at radius 2 is 2.32 bits per heavy atom. The number of hydrogen-bond donors (Lipinski definition) is 4. The molecule has 0 bridgehead atoms. The van der Waals surface area contributed by atoms with Crippen LogP contribution in [-0.2, 0) is 9.53 Å². The van der Waals surface area contributed by atoms with Crippen molar-refractivity contribution < 1.29 is 19.4 Å². The van der Waals surface area contributed by atoms with Crippen LogP contribution >= 0.6 is 0 Å². The Morgan fingerprint density at radius 3 is 2.89 bits per heavy atom. The zero-order chi connectivity index (χ0) is 13.8. The summed E-state index contributed by atoms with van der Waals surface area (Å²) >= 11 is 0. The summed E-state index contributed by atoms with van der Waals surface area (Å²) in [4.78, 5) is 26.5. The lowest BCUT2D eigenvalue weighted by Crippen LogP contribution is -2.69. The highest BCUT2D eigenvalue weighted by molar-refractivity contribution is 5.75. The molecule has 2 atom stereocenters. The molecule has 1 aromatic heterocycles. The van der Waals surface area contributed by atoms with Crippen molar-refractivity contribution in [1.82, 2.24) is 26.5 Å². The number of carbonyl (C=O) groups is 2. The van der Waals surface area contributed by atoms with Crippen molar-refractivity contribution in [2.75, 3.05) is 7.11 Å². The summed E-state index contributed by atoms with van der Waals surface area (Å²) in [5, 5.41) is 10.1. The Kier molecular flexibility index (Phi) is 3.90. The lowest BCUT2D eigenvalue weighted by molar-refractivity contribution is -0.144. The molecule has 1 aromatic rings. The number of hydrogen-bond acceptors (Lipinski definition) is 7. The highest BCUT2D eigenvalue weighted by Crippen LogP contribution is 2.18. The van der Waals surface area contributed by atoms with Crippen molar-refractivity contribution in [2.45, 2.75) is 12.1 Å². The highest BCUT2D eigenvalue weighted by atomic mass is 16.6. The Bertz CT molecular complexity index is 468. The van der Waals surface area contributed by atoms with Crippen LogP contribution in [0.25, 0.3) is 0 Å². The quantitative estimate of drug-likeness (QED) is 0.549. The largest absolute Gasteiger partial charge is 0.480 e. The minimum absolute atomic E-state index is 0.623.